The number of fused-ring (bicyclic) bond motifs is 1. The Hall–Kier alpha value is -2.62. The fourth-order valence-corrected chi connectivity index (χ4v) is 2.35. The molecule has 2 aromatic heterocycles. The van der Waals surface area contributed by atoms with Crippen LogP contribution in [0.2, 0.25) is 0 Å². The summed E-state index contributed by atoms with van der Waals surface area (Å²) in [5.74, 6) is -1.01. The molecule has 4 nitrogen and oxygen atoms in total. The molecule has 0 radical (unpaired) electrons. The van der Waals surface area contributed by atoms with Crippen molar-refractivity contribution in [3.8, 4) is 11.1 Å². The van der Waals surface area contributed by atoms with Gasteiger partial charge in [0, 0.05) is 16.8 Å². The van der Waals surface area contributed by atoms with Crippen molar-refractivity contribution >= 4 is 11.5 Å². The van der Waals surface area contributed by atoms with E-state index in [0.717, 1.165) is 22.3 Å². The number of aromatic nitrogens is 2. The van der Waals surface area contributed by atoms with E-state index in [1.807, 2.05) is 17.4 Å². The van der Waals surface area contributed by atoms with Crippen molar-refractivity contribution in [3.05, 3.63) is 59.7 Å². The van der Waals surface area contributed by atoms with Crippen LogP contribution >= 0.6 is 0 Å². The zero-order valence-corrected chi connectivity index (χ0v) is 11.3. The normalized spacial score (nSPS) is 10.9. The zero-order valence-electron chi connectivity index (χ0n) is 11.3. The number of aromatic carboxylic acids is 1. The standard InChI is InChI=1S/C16H14N2O2/c1-10-3-5-12(6-4-10)14-7-13-8-15(16(19)20)17-9-18(13)11(14)2/h3-9H,1-2H3,(H,19,20). The van der Waals surface area contributed by atoms with E-state index in [2.05, 4.69) is 36.2 Å². The van der Waals surface area contributed by atoms with Gasteiger partial charge in [-0.15, -0.1) is 0 Å². The van der Waals surface area contributed by atoms with Crippen molar-refractivity contribution in [2.24, 2.45) is 0 Å². The highest BCUT2D eigenvalue weighted by atomic mass is 16.4. The van der Waals surface area contributed by atoms with Gasteiger partial charge in [0.05, 0.1) is 0 Å². The molecule has 0 saturated heterocycles. The number of hydrogen-bond donors (Lipinski definition) is 1. The maximum absolute atomic E-state index is 11.0. The number of nitrogens with zero attached hydrogens (tertiary/aromatic N) is 2. The summed E-state index contributed by atoms with van der Waals surface area (Å²) in [4.78, 5) is 14.9. The Balaban J connectivity index is 2.19. The number of carboxylic acid groups (broad SMARTS) is 1. The molecule has 3 aromatic rings. The molecule has 2 heterocycles. The third-order valence-corrected chi connectivity index (χ3v) is 3.50. The van der Waals surface area contributed by atoms with Gasteiger partial charge in [-0.25, -0.2) is 9.78 Å². The van der Waals surface area contributed by atoms with Crippen molar-refractivity contribution < 1.29 is 9.90 Å². The molecule has 20 heavy (non-hydrogen) atoms. The van der Waals surface area contributed by atoms with Crippen LogP contribution in [0.15, 0.2) is 42.7 Å². The van der Waals surface area contributed by atoms with Gasteiger partial charge in [0.2, 0.25) is 0 Å². The Morgan fingerprint density at radius 1 is 1.15 bits per heavy atom. The number of carboxylic acids is 1. The molecule has 0 saturated carbocycles. The second-order valence-corrected chi connectivity index (χ2v) is 4.88. The molecular weight excluding hydrogens is 252 g/mol. The Morgan fingerprint density at radius 3 is 2.50 bits per heavy atom. The lowest BCUT2D eigenvalue weighted by Crippen LogP contribution is -2.01. The first kappa shape index (κ1) is 12.4. The molecule has 100 valence electrons. The number of benzene rings is 1. The van der Waals surface area contributed by atoms with Crippen LogP contribution in [0.5, 0.6) is 0 Å². The first-order valence-corrected chi connectivity index (χ1v) is 6.34. The summed E-state index contributed by atoms with van der Waals surface area (Å²) in [5.41, 5.74) is 5.37. The molecule has 0 bridgehead atoms. The largest absolute Gasteiger partial charge is 0.477 e. The van der Waals surface area contributed by atoms with Crippen molar-refractivity contribution in [3.63, 3.8) is 0 Å². The van der Waals surface area contributed by atoms with Gasteiger partial charge in [-0.05, 0) is 31.5 Å². The Labute approximate surface area is 116 Å². The van der Waals surface area contributed by atoms with E-state index in [-0.39, 0.29) is 5.69 Å². The summed E-state index contributed by atoms with van der Waals surface area (Å²) in [6.45, 7) is 4.06. The zero-order chi connectivity index (χ0) is 14.3. The molecule has 0 fully saturated rings. The van der Waals surface area contributed by atoms with Gasteiger partial charge in [-0.3, -0.25) is 0 Å². The molecule has 3 rings (SSSR count). The molecule has 0 aliphatic heterocycles. The smallest absolute Gasteiger partial charge is 0.354 e. The molecule has 4 heteroatoms. The summed E-state index contributed by atoms with van der Waals surface area (Å²) < 4.78 is 1.90. The second kappa shape index (κ2) is 4.49. The maximum Gasteiger partial charge on any atom is 0.354 e. The number of rotatable bonds is 2. The van der Waals surface area contributed by atoms with Crippen molar-refractivity contribution in [2.75, 3.05) is 0 Å². The van der Waals surface area contributed by atoms with E-state index in [4.69, 9.17) is 5.11 Å². The van der Waals surface area contributed by atoms with Gasteiger partial charge in [0.1, 0.15) is 6.33 Å². The van der Waals surface area contributed by atoms with Crippen LogP contribution < -0.4 is 0 Å². The summed E-state index contributed by atoms with van der Waals surface area (Å²) in [5, 5.41) is 9.00. The van der Waals surface area contributed by atoms with Crippen LogP contribution in [0, 0.1) is 13.8 Å². The monoisotopic (exact) mass is 266 g/mol. The summed E-state index contributed by atoms with van der Waals surface area (Å²) in [7, 11) is 0. The van der Waals surface area contributed by atoms with Gasteiger partial charge in [0.25, 0.3) is 0 Å². The minimum absolute atomic E-state index is 0.0606. The van der Waals surface area contributed by atoms with Gasteiger partial charge < -0.3 is 9.51 Å². The lowest BCUT2D eigenvalue weighted by atomic mass is 10.0. The highest BCUT2D eigenvalue weighted by Crippen LogP contribution is 2.27. The third-order valence-electron chi connectivity index (χ3n) is 3.50. The quantitative estimate of drug-likeness (QED) is 0.774. The van der Waals surface area contributed by atoms with Crippen LogP contribution in [0.4, 0.5) is 0 Å². The predicted octanol–water partition coefficient (Wildman–Crippen LogP) is 3.32. The Bertz CT molecular complexity index is 801. The van der Waals surface area contributed by atoms with E-state index >= 15 is 0 Å². The molecule has 0 amide bonds. The van der Waals surface area contributed by atoms with Crippen LogP contribution in [0.1, 0.15) is 21.7 Å². The maximum atomic E-state index is 11.0. The molecular formula is C16H14N2O2. The summed E-state index contributed by atoms with van der Waals surface area (Å²) in [6, 6.07) is 11.9. The first-order valence-electron chi connectivity index (χ1n) is 6.34. The fraction of sp³-hybridized carbons (Fsp3) is 0.125. The number of aryl methyl sites for hydroxylation is 2. The lowest BCUT2D eigenvalue weighted by Gasteiger charge is -2.02. The van der Waals surface area contributed by atoms with Crippen molar-refractivity contribution in [1.82, 2.24) is 9.38 Å². The molecule has 0 aliphatic carbocycles. The second-order valence-electron chi connectivity index (χ2n) is 4.88. The van der Waals surface area contributed by atoms with Gasteiger partial charge in [-0.2, -0.15) is 0 Å². The average Bonchev–Trinajstić information content (AvgIpc) is 2.76. The highest BCUT2D eigenvalue weighted by Gasteiger charge is 2.11. The van der Waals surface area contributed by atoms with Crippen molar-refractivity contribution in [1.29, 1.82) is 0 Å². The molecule has 0 aliphatic rings. The van der Waals surface area contributed by atoms with Crippen LogP contribution in [-0.4, -0.2) is 20.5 Å². The summed E-state index contributed by atoms with van der Waals surface area (Å²) in [6.07, 6.45) is 1.56. The average molecular weight is 266 g/mol. The van der Waals surface area contributed by atoms with E-state index in [1.165, 1.54) is 5.56 Å². The Kier molecular flexibility index (Phi) is 2.79. The van der Waals surface area contributed by atoms with Gasteiger partial charge in [0.15, 0.2) is 5.69 Å². The highest BCUT2D eigenvalue weighted by molar-refractivity contribution is 5.87. The topological polar surface area (TPSA) is 54.6 Å². The van der Waals surface area contributed by atoms with E-state index in [9.17, 15) is 4.79 Å². The lowest BCUT2D eigenvalue weighted by molar-refractivity contribution is 0.0690. The molecule has 0 spiro atoms. The van der Waals surface area contributed by atoms with E-state index < -0.39 is 5.97 Å². The van der Waals surface area contributed by atoms with Gasteiger partial charge in [-0.1, -0.05) is 29.8 Å². The van der Waals surface area contributed by atoms with E-state index in [0.29, 0.717) is 0 Å². The summed E-state index contributed by atoms with van der Waals surface area (Å²) >= 11 is 0. The molecule has 1 aromatic carbocycles. The minimum atomic E-state index is -1.01. The number of carbonyl (C=O) groups is 1. The molecule has 1 N–H and O–H groups in total. The van der Waals surface area contributed by atoms with Crippen LogP contribution in [0.3, 0.4) is 0 Å². The Morgan fingerprint density at radius 2 is 1.85 bits per heavy atom. The van der Waals surface area contributed by atoms with Crippen LogP contribution in [-0.2, 0) is 0 Å². The van der Waals surface area contributed by atoms with Crippen LogP contribution in [0.25, 0.3) is 16.6 Å². The fourth-order valence-electron chi connectivity index (χ4n) is 2.35. The molecule has 0 atom stereocenters. The van der Waals surface area contributed by atoms with Crippen molar-refractivity contribution in [2.45, 2.75) is 13.8 Å². The first-order chi connectivity index (χ1) is 9.56. The minimum Gasteiger partial charge on any atom is -0.477 e. The predicted molar refractivity (Wildman–Crippen MR) is 77.1 cm³/mol. The van der Waals surface area contributed by atoms with Gasteiger partial charge >= 0.3 is 5.97 Å². The molecule has 0 unspecified atom stereocenters. The SMILES string of the molecule is Cc1ccc(-c2cc3cc(C(=O)O)ncn3c2C)cc1. The third kappa shape index (κ3) is 1.95. The van der Waals surface area contributed by atoms with E-state index in [1.54, 1.807) is 12.4 Å². The number of hydrogen-bond acceptors (Lipinski definition) is 2.